The highest BCUT2D eigenvalue weighted by molar-refractivity contribution is 7.92. The summed E-state index contributed by atoms with van der Waals surface area (Å²) in [5, 5.41) is 2.77. The van der Waals surface area contributed by atoms with E-state index in [9.17, 15) is 22.4 Å². The van der Waals surface area contributed by atoms with Gasteiger partial charge in [0.2, 0.25) is 21.8 Å². The van der Waals surface area contributed by atoms with E-state index in [1.807, 2.05) is 4.90 Å². The number of halogens is 1. The van der Waals surface area contributed by atoms with Gasteiger partial charge in [0.1, 0.15) is 5.82 Å². The van der Waals surface area contributed by atoms with Gasteiger partial charge in [0, 0.05) is 5.69 Å². The quantitative estimate of drug-likeness (QED) is 0.513. The van der Waals surface area contributed by atoms with Crippen molar-refractivity contribution >= 4 is 33.2 Å². The predicted molar refractivity (Wildman–Crippen MR) is 126 cm³/mol. The topological polar surface area (TPSA) is 122 Å². The zero-order chi connectivity index (χ0) is 24.0. The van der Waals surface area contributed by atoms with Crippen LogP contribution < -0.4 is 15.8 Å². The monoisotopic (exact) mass is 476 g/mol. The van der Waals surface area contributed by atoms with Crippen molar-refractivity contribution in [3.05, 3.63) is 59.9 Å². The number of nitrogens with zero attached hydrogens (tertiary/aromatic N) is 1. The second-order valence-corrected chi connectivity index (χ2v) is 10.2. The van der Waals surface area contributed by atoms with Crippen LogP contribution in [0, 0.1) is 11.7 Å². The first-order valence-corrected chi connectivity index (χ1v) is 12.6. The van der Waals surface area contributed by atoms with Gasteiger partial charge in [-0.2, -0.15) is 0 Å². The maximum Gasteiger partial charge on any atom is 0.242 e. The number of nitrogens with one attached hydrogen (secondary N) is 2. The van der Waals surface area contributed by atoms with Gasteiger partial charge in [-0.15, -0.1) is 0 Å². The Morgan fingerprint density at radius 2 is 1.76 bits per heavy atom. The largest absolute Gasteiger partial charge is 0.370 e. The third kappa shape index (κ3) is 7.83. The fraction of sp³-hybridized carbons (Fsp3) is 0.391. The van der Waals surface area contributed by atoms with Crippen LogP contribution in [0.15, 0.2) is 48.5 Å². The molecule has 1 saturated heterocycles. The molecule has 0 saturated carbocycles. The lowest BCUT2D eigenvalue weighted by Crippen LogP contribution is -2.49. The summed E-state index contributed by atoms with van der Waals surface area (Å²) in [5.74, 6) is -0.798. The van der Waals surface area contributed by atoms with E-state index in [0.29, 0.717) is 30.4 Å². The number of sulfonamides is 1. The van der Waals surface area contributed by atoms with Gasteiger partial charge in [-0.1, -0.05) is 18.2 Å². The minimum atomic E-state index is -3.45. The molecular weight excluding hydrogens is 447 g/mol. The molecule has 33 heavy (non-hydrogen) atoms. The van der Waals surface area contributed by atoms with Crippen LogP contribution in [0.3, 0.4) is 0 Å². The summed E-state index contributed by atoms with van der Waals surface area (Å²) >= 11 is 0. The fourth-order valence-electron chi connectivity index (χ4n) is 4.10. The number of benzene rings is 2. The fourth-order valence-corrected chi connectivity index (χ4v) is 4.66. The summed E-state index contributed by atoms with van der Waals surface area (Å²) in [7, 11) is -3.45. The van der Waals surface area contributed by atoms with Crippen LogP contribution >= 0.6 is 0 Å². The molecule has 0 bridgehead atoms. The number of likely N-dealkylation sites (tertiary alicyclic amines) is 1. The summed E-state index contributed by atoms with van der Waals surface area (Å²) in [5.41, 5.74) is 7.22. The summed E-state index contributed by atoms with van der Waals surface area (Å²) in [6.07, 6.45) is 3.44. The van der Waals surface area contributed by atoms with Crippen molar-refractivity contribution in [2.24, 2.45) is 11.7 Å². The predicted octanol–water partition coefficient (Wildman–Crippen LogP) is 2.33. The standard InChI is InChI=1S/C23H29FN4O4S/c1-33(31,32)27-20-4-2-3-19(14-20)26-23(30)21(15-22(25)29)28-11-9-17(10-12-28)13-16-5-7-18(24)8-6-16/h2-8,14,17,21,27H,9-13,15H2,1H3,(H2,25,29)(H,26,30). The molecule has 2 aromatic rings. The molecule has 1 aliphatic rings. The first-order valence-electron chi connectivity index (χ1n) is 10.7. The maximum atomic E-state index is 13.1. The van der Waals surface area contributed by atoms with E-state index in [-0.39, 0.29) is 18.1 Å². The third-order valence-electron chi connectivity index (χ3n) is 5.66. The van der Waals surface area contributed by atoms with E-state index in [4.69, 9.17) is 5.73 Å². The van der Waals surface area contributed by atoms with Crippen LogP contribution in [0.25, 0.3) is 0 Å². The second kappa shape index (κ2) is 10.8. The highest BCUT2D eigenvalue weighted by atomic mass is 32.2. The molecule has 3 rings (SSSR count). The molecule has 1 heterocycles. The van der Waals surface area contributed by atoms with Crippen molar-refractivity contribution in [1.29, 1.82) is 0 Å². The number of primary amides is 1. The molecule has 1 aliphatic heterocycles. The van der Waals surface area contributed by atoms with Crippen LogP contribution in [0.4, 0.5) is 15.8 Å². The summed E-state index contributed by atoms with van der Waals surface area (Å²) in [6.45, 7) is 1.26. The van der Waals surface area contributed by atoms with Crippen LogP contribution in [-0.2, 0) is 26.0 Å². The van der Waals surface area contributed by atoms with Gasteiger partial charge in [0.25, 0.3) is 0 Å². The number of carbonyl (C=O) groups excluding carboxylic acids is 2. The minimum Gasteiger partial charge on any atom is -0.370 e. The number of carbonyl (C=O) groups is 2. The molecule has 10 heteroatoms. The maximum absolute atomic E-state index is 13.1. The summed E-state index contributed by atoms with van der Waals surface area (Å²) < 4.78 is 38.4. The normalized spacial score (nSPS) is 16.2. The molecule has 1 atom stereocenters. The highest BCUT2D eigenvalue weighted by Crippen LogP contribution is 2.25. The molecule has 0 aromatic heterocycles. The smallest absolute Gasteiger partial charge is 0.242 e. The summed E-state index contributed by atoms with van der Waals surface area (Å²) in [6, 6.07) is 12.1. The number of nitrogens with two attached hydrogens (primary N) is 1. The van der Waals surface area contributed by atoms with Crippen molar-refractivity contribution in [1.82, 2.24) is 4.90 Å². The van der Waals surface area contributed by atoms with E-state index in [2.05, 4.69) is 10.0 Å². The third-order valence-corrected chi connectivity index (χ3v) is 6.26. The molecular formula is C23H29FN4O4S. The zero-order valence-electron chi connectivity index (χ0n) is 18.5. The molecule has 178 valence electrons. The van der Waals surface area contributed by atoms with E-state index >= 15 is 0 Å². The molecule has 0 radical (unpaired) electrons. The first-order chi connectivity index (χ1) is 15.6. The van der Waals surface area contributed by atoms with Crippen LogP contribution in [0.5, 0.6) is 0 Å². The lowest BCUT2D eigenvalue weighted by Gasteiger charge is -2.36. The molecule has 0 aliphatic carbocycles. The number of piperidine rings is 1. The number of amides is 2. The van der Waals surface area contributed by atoms with E-state index in [0.717, 1.165) is 31.1 Å². The highest BCUT2D eigenvalue weighted by Gasteiger charge is 2.31. The molecule has 8 nitrogen and oxygen atoms in total. The Kier molecular flexibility index (Phi) is 8.04. The number of hydrogen-bond acceptors (Lipinski definition) is 5. The number of rotatable bonds is 9. The Hall–Kier alpha value is -2.98. The van der Waals surface area contributed by atoms with Crippen LogP contribution in [0.2, 0.25) is 0 Å². The molecule has 4 N–H and O–H groups in total. The Bertz CT molecular complexity index is 1080. The Morgan fingerprint density at radius 3 is 2.36 bits per heavy atom. The van der Waals surface area contributed by atoms with Gasteiger partial charge in [0.15, 0.2) is 0 Å². The van der Waals surface area contributed by atoms with E-state index in [1.54, 1.807) is 30.3 Å². The van der Waals surface area contributed by atoms with Crippen LogP contribution in [-0.4, -0.2) is 50.5 Å². The second-order valence-electron chi connectivity index (χ2n) is 8.44. The van der Waals surface area contributed by atoms with Gasteiger partial charge in [-0.25, -0.2) is 12.8 Å². The van der Waals surface area contributed by atoms with Gasteiger partial charge in [-0.3, -0.25) is 19.2 Å². The Morgan fingerprint density at radius 1 is 1.12 bits per heavy atom. The van der Waals surface area contributed by atoms with Crippen molar-refractivity contribution in [2.75, 3.05) is 29.4 Å². The van der Waals surface area contributed by atoms with E-state index < -0.39 is 22.0 Å². The lowest BCUT2D eigenvalue weighted by atomic mass is 9.89. The number of anilines is 2. The average Bonchev–Trinajstić information content (AvgIpc) is 2.73. The molecule has 2 aromatic carbocycles. The van der Waals surface area contributed by atoms with Gasteiger partial charge < -0.3 is 11.1 Å². The molecule has 1 unspecified atom stereocenters. The average molecular weight is 477 g/mol. The van der Waals surface area contributed by atoms with Gasteiger partial charge in [0.05, 0.1) is 24.4 Å². The number of hydrogen-bond donors (Lipinski definition) is 3. The van der Waals surface area contributed by atoms with Crippen molar-refractivity contribution in [3.63, 3.8) is 0 Å². The van der Waals surface area contributed by atoms with Gasteiger partial charge >= 0.3 is 0 Å². The van der Waals surface area contributed by atoms with Crippen molar-refractivity contribution < 1.29 is 22.4 Å². The first kappa shape index (κ1) is 24.7. The lowest BCUT2D eigenvalue weighted by molar-refractivity contribution is -0.127. The van der Waals surface area contributed by atoms with Crippen LogP contribution in [0.1, 0.15) is 24.8 Å². The van der Waals surface area contributed by atoms with Crippen molar-refractivity contribution in [2.45, 2.75) is 31.7 Å². The summed E-state index contributed by atoms with van der Waals surface area (Å²) in [4.78, 5) is 26.6. The zero-order valence-corrected chi connectivity index (χ0v) is 19.3. The Labute approximate surface area is 193 Å². The SMILES string of the molecule is CS(=O)(=O)Nc1cccc(NC(=O)C(CC(N)=O)N2CCC(Cc3ccc(F)cc3)CC2)c1. The van der Waals surface area contributed by atoms with Gasteiger partial charge in [-0.05, 0) is 74.2 Å². The molecule has 0 spiro atoms. The molecule has 2 amide bonds. The minimum absolute atomic E-state index is 0.115. The van der Waals surface area contributed by atoms with E-state index in [1.165, 1.54) is 18.2 Å². The Balaban J connectivity index is 1.62. The molecule has 1 fully saturated rings. The van der Waals surface area contributed by atoms with Crippen molar-refractivity contribution in [3.8, 4) is 0 Å².